The SMILES string of the molecule is CCC(C)n1c(CCl)nc2ccncc21. The van der Waals surface area contributed by atoms with Gasteiger partial charge in [-0.25, -0.2) is 4.98 Å². The first-order valence-electron chi connectivity index (χ1n) is 5.14. The predicted molar refractivity (Wildman–Crippen MR) is 62.1 cm³/mol. The van der Waals surface area contributed by atoms with Crippen LogP contribution in [0.4, 0.5) is 0 Å². The van der Waals surface area contributed by atoms with E-state index in [2.05, 4.69) is 28.4 Å². The monoisotopic (exact) mass is 223 g/mol. The number of aromatic nitrogens is 3. The van der Waals surface area contributed by atoms with Crippen molar-refractivity contribution >= 4 is 22.6 Å². The molecule has 0 saturated heterocycles. The number of pyridine rings is 1. The summed E-state index contributed by atoms with van der Waals surface area (Å²) in [5.74, 6) is 1.37. The fraction of sp³-hybridized carbons (Fsp3) is 0.455. The minimum Gasteiger partial charge on any atom is -0.323 e. The van der Waals surface area contributed by atoms with Crippen LogP contribution < -0.4 is 0 Å². The van der Waals surface area contributed by atoms with E-state index in [4.69, 9.17) is 11.6 Å². The van der Waals surface area contributed by atoms with Gasteiger partial charge < -0.3 is 4.57 Å². The molecule has 0 spiro atoms. The molecule has 0 aromatic carbocycles. The molecule has 0 aliphatic rings. The van der Waals surface area contributed by atoms with Gasteiger partial charge in [0.2, 0.25) is 0 Å². The summed E-state index contributed by atoms with van der Waals surface area (Å²) in [5, 5.41) is 0. The summed E-state index contributed by atoms with van der Waals surface area (Å²) >= 11 is 5.90. The first-order valence-corrected chi connectivity index (χ1v) is 5.68. The molecule has 0 saturated carbocycles. The van der Waals surface area contributed by atoms with Gasteiger partial charge in [-0.2, -0.15) is 0 Å². The minimum atomic E-state index is 0.410. The molecule has 1 unspecified atom stereocenters. The number of hydrogen-bond donors (Lipinski definition) is 0. The summed E-state index contributed by atoms with van der Waals surface area (Å²) in [6.45, 7) is 4.33. The van der Waals surface area contributed by atoms with E-state index in [0.717, 1.165) is 23.3 Å². The third-order valence-electron chi connectivity index (χ3n) is 2.72. The van der Waals surface area contributed by atoms with Crippen LogP contribution in [-0.4, -0.2) is 14.5 Å². The Balaban J connectivity index is 2.66. The summed E-state index contributed by atoms with van der Waals surface area (Å²) < 4.78 is 2.18. The molecule has 0 amide bonds. The first-order chi connectivity index (χ1) is 7.27. The highest BCUT2D eigenvalue weighted by atomic mass is 35.5. The molecule has 2 rings (SSSR count). The Kier molecular flexibility index (Phi) is 2.91. The Morgan fingerprint density at radius 1 is 1.53 bits per heavy atom. The van der Waals surface area contributed by atoms with Gasteiger partial charge in [-0.1, -0.05) is 6.92 Å². The molecule has 0 radical (unpaired) electrons. The Labute approximate surface area is 94.1 Å². The van der Waals surface area contributed by atoms with Gasteiger partial charge in [-0.3, -0.25) is 4.98 Å². The van der Waals surface area contributed by atoms with Crippen LogP contribution in [0, 0.1) is 0 Å². The van der Waals surface area contributed by atoms with Gasteiger partial charge >= 0.3 is 0 Å². The van der Waals surface area contributed by atoms with Gasteiger partial charge in [0.05, 0.1) is 23.1 Å². The van der Waals surface area contributed by atoms with Crippen LogP contribution in [0.25, 0.3) is 11.0 Å². The molecule has 0 aliphatic carbocycles. The smallest absolute Gasteiger partial charge is 0.125 e. The van der Waals surface area contributed by atoms with Crippen molar-refractivity contribution in [1.82, 2.24) is 14.5 Å². The van der Waals surface area contributed by atoms with Crippen molar-refractivity contribution in [1.29, 1.82) is 0 Å². The quantitative estimate of drug-likeness (QED) is 0.749. The standard InChI is InChI=1S/C11H14ClN3/c1-3-8(2)15-10-7-13-5-4-9(10)14-11(15)6-12/h4-5,7-8H,3,6H2,1-2H3. The molecule has 3 nitrogen and oxygen atoms in total. The number of halogens is 1. The maximum absolute atomic E-state index is 5.90. The van der Waals surface area contributed by atoms with Crippen LogP contribution in [-0.2, 0) is 5.88 Å². The van der Waals surface area contributed by atoms with Crippen LogP contribution in [0.1, 0.15) is 32.1 Å². The molecular formula is C11H14ClN3. The Hall–Kier alpha value is -1.09. The lowest BCUT2D eigenvalue weighted by Crippen LogP contribution is -2.07. The van der Waals surface area contributed by atoms with Crippen LogP contribution in [0.3, 0.4) is 0 Å². The molecule has 4 heteroatoms. The number of hydrogen-bond acceptors (Lipinski definition) is 2. The van der Waals surface area contributed by atoms with Gasteiger partial charge in [0, 0.05) is 12.2 Å². The topological polar surface area (TPSA) is 30.7 Å². The average molecular weight is 224 g/mol. The zero-order chi connectivity index (χ0) is 10.8. The summed E-state index contributed by atoms with van der Waals surface area (Å²) in [6, 6.07) is 2.33. The summed E-state index contributed by atoms with van der Waals surface area (Å²) in [5.41, 5.74) is 2.04. The molecular weight excluding hydrogens is 210 g/mol. The zero-order valence-electron chi connectivity index (χ0n) is 8.94. The van der Waals surface area contributed by atoms with Crippen LogP contribution in [0.15, 0.2) is 18.5 Å². The summed E-state index contributed by atoms with van der Waals surface area (Å²) in [7, 11) is 0. The number of imidazole rings is 1. The van der Waals surface area contributed by atoms with E-state index in [9.17, 15) is 0 Å². The lowest BCUT2D eigenvalue weighted by atomic mass is 10.2. The van der Waals surface area contributed by atoms with Crippen LogP contribution in [0.2, 0.25) is 0 Å². The third-order valence-corrected chi connectivity index (χ3v) is 2.96. The van der Waals surface area contributed by atoms with Gasteiger partial charge in [0.15, 0.2) is 0 Å². The number of alkyl halides is 1. The molecule has 15 heavy (non-hydrogen) atoms. The second kappa shape index (κ2) is 4.19. The lowest BCUT2D eigenvalue weighted by Gasteiger charge is -2.14. The van der Waals surface area contributed by atoms with E-state index in [1.807, 2.05) is 12.3 Å². The maximum atomic E-state index is 5.90. The molecule has 2 aromatic rings. The Morgan fingerprint density at radius 3 is 3.00 bits per heavy atom. The van der Waals surface area contributed by atoms with Crippen molar-refractivity contribution in [3.8, 4) is 0 Å². The fourth-order valence-electron chi connectivity index (χ4n) is 1.76. The molecule has 2 heterocycles. The summed E-state index contributed by atoms with van der Waals surface area (Å²) in [6.07, 6.45) is 4.67. The first kappa shape index (κ1) is 10.4. The number of rotatable bonds is 3. The van der Waals surface area contributed by atoms with Crippen molar-refractivity contribution in [2.45, 2.75) is 32.2 Å². The molecule has 0 bridgehead atoms. The van der Waals surface area contributed by atoms with Crippen molar-refractivity contribution in [3.05, 3.63) is 24.3 Å². The van der Waals surface area contributed by atoms with Gasteiger partial charge in [-0.15, -0.1) is 11.6 Å². The van der Waals surface area contributed by atoms with Crippen molar-refractivity contribution in [2.24, 2.45) is 0 Å². The van der Waals surface area contributed by atoms with Crippen molar-refractivity contribution < 1.29 is 0 Å². The predicted octanol–water partition coefficient (Wildman–Crippen LogP) is 3.14. The largest absolute Gasteiger partial charge is 0.323 e. The van der Waals surface area contributed by atoms with Crippen LogP contribution >= 0.6 is 11.6 Å². The normalized spacial score (nSPS) is 13.3. The van der Waals surface area contributed by atoms with E-state index >= 15 is 0 Å². The van der Waals surface area contributed by atoms with E-state index < -0.39 is 0 Å². The lowest BCUT2D eigenvalue weighted by molar-refractivity contribution is 0.529. The average Bonchev–Trinajstić information content (AvgIpc) is 2.66. The molecule has 1 atom stereocenters. The van der Waals surface area contributed by atoms with Crippen LogP contribution in [0.5, 0.6) is 0 Å². The third kappa shape index (κ3) is 1.72. The molecule has 0 N–H and O–H groups in total. The highest BCUT2D eigenvalue weighted by Gasteiger charge is 2.13. The van der Waals surface area contributed by atoms with Crippen molar-refractivity contribution in [2.75, 3.05) is 0 Å². The second-order valence-corrected chi connectivity index (χ2v) is 3.92. The molecule has 0 fully saturated rings. The summed E-state index contributed by atoms with van der Waals surface area (Å²) in [4.78, 5) is 8.63. The second-order valence-electron chi connectivity index (χ2n) is 3.65. The molecule has 0 aliphatic heterocycles. The van der Waals surface area contributed by atoms with E-state index in [-0.39, 0.29) is 0 Å². The Bertz CT molecular complexity index is 464. The van der Waals surface area contributed by atoms with E-state index in [0.29, 0.717) is 11.9 Å². The van der Waals surface area contributed by atoms with E-state index in [1.54, 1.807) is 6.20 Å². The Morgan fingerprint density at radius 2 is 2.33 bits per heavy atom. The van der Waals surface area contributed by atoms with Gasteiger partial charge in [-0.05, 0) is 19.4 Å². The van der Waals surface area contributed by atoms with Gasteiger partial charge in [0.25, 0.3) is 0 Å². The van der Waals surface area contributed by atoms with Gasteiger partial charge in [0.1, 0.15) is 5.82 Å². The minimum absolute atomic E-state index is 0.410. The zero-order valence-corrected chi connectivity index (χ0v) is 9.70. The number of fused-ring (bicyclic) bond motifs is 1. The highest BCUT2D eigenvalue weighted by molar-refractivity contribution is 6.16. The van der Waals surface area contributed by atoms with Crippen molar-refractivity contribution in [3.63, 3.8) is 0 Å². The number of nitrogens with zero attached hydrogens (tertiary/aromatic N) is 3. The maximum Gasteiger partial charge on any atom is 0.125 e. The fourth-order valence-corrected chi connectivity index (χ4v) is 1.95. The molecule has 2 aromatic heterocycles. The molecule has 80 valence electrons. The van der Waals surface area contributed by atoms with E-state index in [1.165, 1.54) is 0 Å². The highest BCUT2D eigenvalue weighted by Crippen LogP contribution is 2.22.